The first-order valence-electron chi connectivity index (χ1n) is 5.62. The molecule has 0 aliphatic rings. The highest BCUT2D eigenvalue weighted by Gasteiger charge is 2.27. The minimum Gasteiger partial charge on any atom is -0.365 e. The molecule has 1 aromatic rings. The average Bonchev–Trinajstić information content (AvgIpc) is 2.65. The summed E-state index contributed by atoms with van der Waals surface area (Å²) in [6.07, 6.45) is -4.29. The molecule has 1 atom stereocenters. The van der Waals surface area contributed by atoms with Crippen molar-refractivity contribution in [2.75, 3.05) is 13.2 Å². The monoisotopic (exact) mass is 282 g/mol. The van der Waals surface area contributed by atoms with E-state index in [9.17, 15) is 13.2 Å². The molecule has 0 saturated heterocycles. The van der Waals surface area contributed by atoms with E-state index in [1.54, 1.807) is 0 Å². The molecule has 1 rings (SSSR count). The van der Waals surface area contributed by atoms with Gasteiger partial charge in [0.25, 0.3) is 0 Å². The third-order valence-electron chi connectivity index (χ3n) is 2.50. The summed E-state index contributed by atoms with van der Waals surface area (Å²) in [6.45, 7) is 3.20. The van der Waals surface area contributed by atoms with Gasteiger partial charge in [-0.15, -0.1) is 11.3 Å². The molecule has 18 heavy (non-hydrogen) atoms. The van der Waals surface area contributed by atoms with Crippen molar-refractivity contribution in [1.29, 1.82) is 0 Å². The van der Waals surface area contributed by atoms with Crippen LogP contribution in [0, 0.1) is 5.92 Å². The first-order valence-corrected chi connectivity index (χ1v) is 6.50. The van der Waals surface area contributed by atoms with E-state index in [-0.39, 0.29) is 12.5 Å². The first-order chi connectivity index (χ1) is 8.33. The van der Waals surface area contributed by atoms with Gasteiger partial charge < -0.3 is 10.5 Å². The Morgan fingerprint density at radius 1 is 1.44 bits per heavy atom. The second kappa shape index (κ2) is 6.49. The van der Waals surface area contributed by atoms with E-state index < -0.39 is 12.8 Å². The van der Waals surface area contributed by atoms with Gasteiger partial charge in [0.05, 0.1) is 12.3 Å². The Morgan fingerprint density at radius 3 is 2.61 bits per heavy atom. The van der Waals surface area contributed by atoms with Gasteiger partial charge in [0.1, 0.15) is 11.6 Å². The van der Waals surface area contributed by atoms with E-state index in [0.29, 0.717) is 17.5 Å². The van der Waals surface area contributed by atoms with Crippen LogP contribution in [0.15, 0.2) is 5.38 Å². The van der Waals surface area contributed by atoms with Gasteiger partial charge in [-0.2, -0.15) is 13.2 Å². The summed E-state index contributed by atoms with van der Waals surface area (Å²) in [6, 6.07) is 0. The first kappa shape index (κ1) is 15.4. The molecule has 0 spiro atoms. The predicted molar refractivity (Wildman–Crippen MR) is 64.5 cm³/mol. The van der Waals surface area contributed by atoms with E-state index in [1.807, 2.05) is 19.2 Å². The number of hydrogen-bond acceptors (Lipinski definition) is 4. The molecular weight excluding hydrogens is 265 g/mol. The smallest absolute Gasteiger partial charge is 0.365 e. The Hall–Kier alpha value is -0.660. The second-order valence-corrected chi connectivity index (χ2v) is 5.30. The van der Waals surface area contributed by atoms with Gasteiger partial charge in [0.15, 0.2) is 0 Å². The number of nitrogens with zero attached hydrogens (tertiary/aromatic N) is 1. The zero-order valence-electron chi connectivity index (χ0n) is 10.3. The molecule has 1 heterocycles. The Kier molecular flexibility index (Phi) is 5.55. The molecule has 0 saturated carbocycles. The average molecular weight is 282 g/mol. The number of halogens is 3. The number of alkyl halides is 3. The zero-order valence-corrected chi connectivity index (χ0v) is 11.1. The molecular formula is C11H17F3N2OS. The molecule has 0 bridgehead atoms. The molecule has 1 aromatic heterocycles. The molecule has 7 heteroatoms. The lowest BCUT2D eigenvalue weighted by molar-refractivity contribution is -0.176. The summed E-state index contributed by atoms with van der Waals surface area (Å²) in [4.78, 5) is 4.27. The summed E-state index contributed by atoms with van der Waals surface area (Å²) >= 11 is 1.30. The lowest BCUT2D eigenvalue weighted by Crippen LogP contribution is -2.18. The fraction of sp³-hybridized carbons (Fsp3) is 0.727. The summed E-state index contributed by atoms with van der Waals surface area (Å²) < 4.78 is 40.2. The fourth-order valence-corrected chi connectivity index (χ4v) is 2.34. The van der Waals surface area contributed by atoms with Crippen LogP contribution in [0.5, 0.6) is 0 Å². The lowest BCUT2D eigenvalue weighted by atomic mass is 9.93. The number of nitrogens with two attached hydrogens (primary N) is 1. The summed E-state index contributed by atoms with van der Waals surface area (Å²) in [5, 5.41) is 2.39. The van der Waals surface area contributed by atoms with Gasteiger partial charge in [-0.25, -0.2) is 4.98 Å². The number of aromatic nitrogens is 1. The fourth-order valence-electron chi connectivity index (χ4n) is 1.55. The maximum absolute atomic E-state index is 11.9. The van der Waals surface area contributed by atoms with Crippen molar-refractivity contribution in [2.45, 2.75) is 32.5 Å². The number of thiazole rings is 1. The quantitative estimate of drug-likeness (QED) is 0.872. The highest BCUT2D eigenvalue weighted by atomic mass is 32.1. The highest BCUT2D eigenvalue weighted by molar-refractivity contribution is 7.09. The Bertz CT molecular complexity index is 365. The van der Waals surface area contributed by atoms with E-state index in [2.05, 4.69) is 9.72 Å². The molecule has 0 aliphatic heterocycles. The third-order valence-corrected chi connectivity index (χ3v) is 3.34. The molecule has 104 valence electrons. The van der Waals surface area contributed by atoms with Crippen LogP contribution in [0.2, 0.25) is 0 Å². The van der Waals surface area contributed by atoms with Crippen molar-refractivity contribution in [3.05, 3.63) is 16.1 Å². The molecule has 0 amide bonds. The Balaban J connectivity index is 2.53. The number of rotatable bonds is 6. The number of hydrogen-bond donors (Lipinski definition) is 1. The van der Waals surface area contributed by atoms with E-state index in [0.717, 1.165) is 5.69 Å². The van der Waals surface area contributed by atoms with Crippen LogP contribution in [0.25, 0.3) is 0 Å². The van der Waals surface area contributed by atoms with Crippen LogP contribution in [0.4, 0.5) is 13.2 Å². The van der Waals surface area contributed by atoms with Gasteiger partial charge in [0.2, 0.25) is 0 Å². The van der Waals surface area contributed by atoms with Crippen LogP contribution < -0.4 is 5.73 Å². The van der Waals surface area contributed by atoms with Crippen LogP contribution in [0.3, 0.4) is 0 Å². The Labute approximate surface area is 108 Å². The van der Waals surface area contributed by atoms with Gasteiger partial charge in [-0.05, 0) is 5.92 Å². The van der Waals surface area contributed by atoms with Crippen LogP contribution in [-0.4, -0.2) is 24.3 Å². The van der Waals surface area contributed by atoms with Crippen LogP contribution >= 0.6 is 11.3 Å². The van der Waals surface area contributed by atoms with Gasteiger partial charge in [-0.1, -0.05) is 13.8 Å². The van der Waals surface area contributed by atoms with E-state index in [1.165, 1.54) is 11.3 Å². The van der Waals surface area contributed by atoms with Crippen molar-refractivity contribution >= 4 is 11.3 Å². The van der Waals surface area contributed by atoms with Crippen molar-refractivity contribution in [3.8, 4) is 0 Å². The molecule has 3 nitrogen and oxygen atoms in total. The van der Waals surface area contributed by atoms with Crippen molar-refractivity contribution in [2.24, 2.45) is 11.7 Å². The van der Waals surface area contributed by atoms with Crippen molar-refractivity contribution < 1.29 is 17.9 Å². The van der Waals surface area contributed by atoms with Crippen molar-refractivity contribution in [1.82, 2.24) is 4.98 Å². The SMILES string of the molecule is CC(C)C(CN)c1csc(COCC(F)(F)F)n1. The largest absolute Gasteiger partial charge is 0.411 e. The molecule has 1 unspecified atom stereocenters. The lowest BCUT2D eigenvalue weighted by Gasteiger charge is -2.15. The van der Waals surface area contributed by atoms with Crippen molar-refractivity contribution in [3.63, 3.8) is 0 Å². The van der Waals surface area contributed by atoms with Gasteiger partial charge >= 0.3 is 6.18 Å². The minimum atomic E-state index is -4.29. The summed E-state index contributed by atoms with van der Waals surface area (Å²) in [5.74, 6) is 0.485. The normalized spacial score (nSPS) is 14.2. The van der Waals surface area contributed by atoms with Crippen LogP contribution in [-0.2, 0) is 11.3 Å². The highest BCUT2D eigenvalue weighted by Crippen LogP contribution is 2.25. The molecule has 2 N–H and O–H groups in total. The maximum atomic E-state index is 11.9. The van der Waals surface area contributed by atoms with Gasteiger partial charge in [-0.3, -0.25) is 0 Å². The second-order valence-electron chi connectivity index (χ2n) is 4.36. The Morgan fingerprint density at radius 2 is 2.11 bits per heavy atom. The predicted octanol–water partition coefficient (Wildman–Crippen LogP) is 2.92. The molecule has 0 aliphatic carbocycles. The topological polar surface area (TPSA) is 48.1 Å². The molecule has 0 fully saturated rings. The molecule has 0 radical (unpaired) electrons. The van der Waals surface area contributed by atoms with Crippen LogP contribution in [0.1, 0.15) is 30.5 Å². The standard InChI is InChI=1S/C11H17F3N2OS/c1-7(2)8(3-15)9-5-18-10(16-9)4-17-6-11(12,13)14/h5,7-8H,3-4,6,15H2,1-2H3. The van der Waals surface area contributed by atoms with E-state index >= 15 is 0 Å². The van der Waals surface area contributed by atoms with Gasteiger partial charge in [0, 0.05) is 17.8 Å². The maximum Gasteiger partial charge on any atom is 0.411 e. The summed E-state index contributed by atoms with van der Waals surface area (Å²) in [5.41, 5.74) is 6.49. The zero-order chi connectivity index (χ0) is 13.8. The summed E-state index contributed by atoms with van der Waals surface area (Å²) in [7, 11) is 0. The number of ether oxygens (including phenoxy) is 1. The third kappa shape index (κ3) is 4.91. The molecule has 0 aromatic carbocycles. The van der Waals surface area contributed by atoms with E-state index in [4.69, 9.17) is 5.73 Å². The minimum absolute atomic E-state index is 0.112.